The maximum Gasteiger partial charge on any atom is 0.321 e. The van der Waals surface area contributed by atoms with Crippen molar-refractivity contribution in [1.29, 1.82) is 0 Å². The molecule has 1 aliphatic heterocycles. The maximum absolute atomic E-state index is 12.1. The minimum absolute atomic E-state index is 0.0372. The molecular weight excluding hydrogens is 310 g/mol. The molecule has 1 aromatic heterocycles. The Morgan fingerprint density at radius 1 is 1.39 bits per heavy atom. The summed E-state index contributed by atoms with van der Waals surface area (Å²) in [5.74, 6) is 0.425. The number of aromatic nitrogens is 2. The fourth-order valence-corrected chi connectivity index (χ4v) is 3.70. The van der Waals surface area contributed by atoms with Gasteiger partial charge in [-0.1, -0.05) is 31.3 Å². The number of carbonyl (C=O) groups is 1. The van der Waals surface area contributed by atoms with E-state index in [0.717, 1.165) is 37.4 Å². The summed E-state index contributed by atoms with van der Waals surface area (Å²) in [5, 5.41) is 15.6. The van der Waals surface area contributed by atoms with Crippen molar-refractivity contribution in [3.8, 4) is 0 Å². The van der Waals surface area contributed by atoms with Crippen LogP contribution < -0.4 is 10.6 Å². The summed E-state index contributed by atoms with van der Waals surface area (Å²) in [7, 11) is 2.10. The molecule has 1 atom stereocenters. The van der Waals surface area contributed by atoms with Crippen LogP contribution in [-0.2, 0) is 0 Å². The first-order valence-electron chi connectivity index (χ1n) is 8.31. The Kier molecular flexibility index (Phi) is 6.53. The highest BCUT2D eigenvalue weighted by molar-refractivity contribution is 7.15. The molecule has 128 valence electrons. The second-order valence-corrected chi connectivity index (χ2v) is 7.08. The maximum atomic E-state index is 12.1. The lowest BCUT2D eigenvalue weighted by Gasteiger charge is -2.25. The Hall–Kier alpha value is -1.47. The predicted octanol–water partition coefficient (Wildman–Crippen LogP) is 3.21. The highest BCUT2D eigenvalue weighted by Crippen LogP contribution is 2.28. The van der Waals surface area contributed by atoms with Crippen LogP contribution in [0.15, 0.2) is 11.6 Å². The third-order valence-corrected chi connectivity index (χ3v) is 5.35. The number of rotatable bonds is 6. The average Bonchev–Trinajstić information content (AvgIpc) is 2.97. The minimum atomic E-state index is -0.218. The number of nitrogens with one attached hydrogen (secondary N) is 2. The summed E-state index contributed by atoms with van der Waals surface area (Å²) < 4.78 is 0. The lowest BCUT2D eigenvalue weighted by Crippen LogP contribution is -2.39. The van der Waals surface area contributed by atoms with E-state index in [1.807, 2.05) is 6.92 Å². The fourth-order valence-electron chi connectivity index (χ4n) is 2.69. The molecule has 6 nitrogen and oxygen atoms in total. The predicted molar refractivity (Wildman–Crippen MR) is 95.0 cm³/mol. The van der Waals surface area contributed by atoms with E-state index in [1.54, 1.807) is 0 Å². The zero-order valence-electron chi connectivity index (χ0n) is 14.4. The van der Waals surface area contributed by atoms with E-state index in [1.165, 1.54) is 16.9 Å². The number of anilines is 1. The standard InChI is InChI=1S/C16H27N5OS/c1-5-12(6-2)14-19-20-16(23-14)18-15(22)17-11(3)13-7-9-21(4)10-8-13/h7,11-12H,5-6,8-10H2,1-4H3,(H2,17,18,20,22)/t11-/m1/s1. The first-order valence-corrected chi connectivity index (χ1v) is 9.13. The van der Waals surface area contributed by atoms with E-state index in [0.29, 0.717) is 11.0 Å². The van der Waals surface area contributed by atoms with Gasteiger partial charge in [0.25, 0.3) is 0 Å². The third kappa shape index (κ3) is 5.00. The van der Waals surface area contributed by atoms with Gasteiger partial charge in [0.05, 0.1) is 0 Å². The van der Waals surface area contributed by atoms with Gasteiger partial charge in [-0.25, -0.2) is 4.79 Å². The van der Waals surface area contributed by atoms with Gasteiger partial charge >= 0.3 is 6.03 Å². The molecule has 0 fully saturated rings. The number of urea groups is 1. The molecule has 2 rings (SSSR count). The van der Waals surface area contributed by atoms with Crippen molar-refractivity contribution in [3.05, 3.63) is 16.7 Å². The van der Waals surface area contributed by atoms with Crippen LogP contribution in [0.5, 0.6) is 0 Å². The van der Waals surface area contributed by atoms with Crippen LogP contribution in [0.2, 0.25) is 0 Å². The highest BCUT2D eigenvalue weighted by atomic mass is 32.1. The molecule has 0 unspecified atom stereocenters. The summed E-state index contributed by atoms with van der Waals surface area (Å²) in [5.41, 5.74) is 1.29. The second kappa shape index (κ2) is 8.40. The number of hydrogen-bond acceptors (Lipinski definition) is 5. The van der Waals surface area contributed by atoms with E-state index < -0.39 is 0 Å². The second-order valence-electron chi connectivity index (χ2n) is 6.07. The van der Waals surface area contributed by atoms with Crippen molar-refractivity contribution in [2.75, 3.05) is 25.5 Å². The molecule has 0 saturated carbocycles. The zero-order chi connectivity index (χ0) is 16.8. The van der Waals surface area contributed by atoms with Gasteiger partial charge in [-0.05, 0) is 38.8 Å². The molecule has 0 radical (unpaired) electrons. The van der Waals surface area contributed by atoms with Crippen molar-refractivity contribution in [1.82, 2.24) is 20.4 Å². The summed E-state index contributed by atoms with van der Waals surface area (Å²) in [6.07, 6.45) is 5.27. The van der Waals surface area contributed by atoms with E-state index in [2.05, 4.69) is 52.7 Å². The molecule has 0 aromatic carbocycles. The summed E-state index contributed by atoms with van der Waals surface area (Å²) >= 11 is 1.47. The number of carbonyl (C=O) groups excluding carboxylic acids is 1. The van der Waals surface area contributed by atoms with Crippen molar-refractivity contribution in [2.24, 2.45) is 0 Å². The summed E-state index contributed by atoms with van der Waals surface area (Å²) in [6, 6.07) is -0.181. The Labute approximate surface area is 142 Å². The lowest BCUT2D eigenvalue weighted by molar-refractivity contribution is 0.249. The van der Waals surface area contributed by atoms with E-state index in [9.17, 15) is 4.79 Å². The van der Waals surface area contributed by atoms with Gasteiger partial charge in [0.15, 0.2) is 0 Å². The van der Waals surface area contributed by atoms with Gasteiger partial charge in [-0.3, -0.25) is 5.32 Å². The number of amides is 2. The SMILES string of the molecule is CCC(CC)c1nnc(NC(=O)N[C@H](C)C2=CCN(C)CC2)s1. The summed E-state index contributed by atoms with van der Waals surface area (Å²) in [6.45, 7) is 8.29. The van der Waals surface area contributed by atoms with E-state index in [4.69, 9.17) is 0 Å². The molecule has 0 saturated heterocycles. The third-order valence-electron chi connectivity index (χ3n) is 4.35. The van der Waals surface area contributed by atoms with Crippen LogP contribution in [0.25, 0.3) is 0 Å². The van der Waals surface area contributed by atoms with Crippen molar-refractivity contribution < 1.29 is 4.79 Å². The van der Waals surface area contributed by atoms with Gasteiger partial charge < -0.3 is 10.2 Å². The number of nitrogens with zero attached hydrogens (tertiary/aromatic N) is 3. The van der Waals surface area contributed by atoms with Crippen LogP contribution in [-0.4, -0.2) is 47.3 Å². The molecule has 2 N–H and O–H groups in total. The zero-order valence-corrected chi connectivity index (χ0v) is 15.2. The Balaban J connectivity index is 1.87. The normalized spacial score (nSPS) is 17.0. The molecule has 1 aliphatic rings. The molecule has 0 bridgehead atoms. The van der Waals surface area contributed by atoms with Crippen LogP contribution in [0.3, 0.4) is 0 Å². The Bertz CT molecular complexity index is 552. The van der Waals surface area contributed by atoms with Gasteiger partial charge in [0.1, 0.15) is 5.01 Å². The largest absolute Gasteiger partial charge is 0.332 e. The molecule has 0 spiro atoms. The average molecular weight is 337 g/mol. The molecule has 0 aliphatic carbocycles. The van der Waals surface area contributed by atoms with Crippen molar-refractivity contribution in [2.45, 2.75) is 52.0 Å². The van der Waals surface area contributed by atoms with E-state index in [-0.39, 0.29) is 12.1 Å². The smallest absolute Gasteiger partial charge is 0.321 e. The molecule has 7 heteroatoms. The molecule has 1 aromatic rings. The van der Waals surface area contributed by atoms with Gasteiger partial charge in [-0.15, -0.1) is 10.2 Å². The van der Waals surface area contributed by atoms with Crippen LogP contribution in [0.4, 0.5) is 9.93 Å². The van der Waals surface area contributed by atoms with Crippen LogP contribution in [0.1, 0.15) is 51.0 Å². The molecule has 2 amide bonds. The summed E-state index contributed by atoms with van der Waals surface area (Å²) in [4.78, 5) is 14.4. The van der Waals surface area contributed by atoms with Crippen molar-refractivity contribution >= 4 is 22.5 Å². The Morgan fingerprint density at radius 2 is 2.13 bits per heavy atom. The molecule has 2 heterocycles. The molecule has 23 heavy (non-hydrogen) atoms. The highest BCUT2D eigenvalue weighted by Gasteiger charge is 2.18. The number of likely N-dealkylation sites (N-methyl/N-ethyl adjacent to an activating group) is 1. The monoisotopic (exact) mass is 337 g/mol. The van der Waals surface area contributed by atoms with Gasteiger partial charge in [-0.2, -0.15) is 0 Å². The number of hydrogen-bond donors (Lipinski definition) is 2. The van der Waals surface area contributed by atoms with Gasteiger partial charge in [0, 0.05) is 25.0 Å². The van der Waals surface area contributed by atoms with Crippen molar-refractivity contribution in [3.63, 3.8) is 0 Å². The fraction of sp³-hybridized carbons (Fsp3) is 0.688. The van der Waals surface area contributed by atoms with E-state index >= 15 is 0 Å². The van der Waals surface area contributed by atoms with Gasteiger partial charge in [0.2, 0.25) is 5.13 Å². The Morgan fingerprint density at radius 3 is 2.74 bits per heavy atom. The lowest BCUT2D eigenvalue weighted by atomic mass is 10.0. The quantitative estimate of drug-likeness (QED) is 0.782. The van der Waals surface area contributed by atoms with Crippen LogP contribution in [0, 0.1) is 0 Å². The topological polar surface area (TPSA) is 70.1 Å². The minimum Gasteiger partial charge on any atom is -0.332 e. The first kappa shape index (κ1) is 17.9. The van der Waals surface area contributed by atoms with Crippen LogP contribution >= 0.6 is 11.3 Å². The molecular formula is C16H27N5OS. The first-order chi connectivity index (χ1) is 11.0.